The van der Waals surface area contributed by atoms with Gasteiger partial charge in [0.25, 0.3) is 0 Å². The van der Waals surface area contributed by atoms with E-state index in [-0.39, 0.29) is 41.0 Å². The van der Waals surface area contributed by atoms with Crippen LogP contribution in [0.3, 0.4) is 0 Å². The third-order valence-electron chi connectivity index (χ3n) is 3.56. The van der Waals surface area contributed by atoms with Gasteiger partial charge in [0.15, 0.2) is 9.84 Å². The van der Waals surface area contributed by atoms with Gasteiger partial charge in [0, 0.05) is 6.54 Å². The van der Waals surface area contributed by atoms with Crippen LogP contribution in [0.5, 0.6) is 0 Å². The first kappa shape index (κ1) is 17.9. The number of hydrogen-bond donors (Lipinski definition) is 1. The van der Waals surface area contributed by atoms with Gasteiger partial charge in [0.2, 0.25) is 10.0 Å². The fourth-order valence-electron chi connectivity index (χ4n) is 2.33. The number of hydrogen-bond acceptors (Lipinski definition) is 6. The van der Waals surface area contributed by atoms with Crippen LogP contribution in [0.2, 0.25) is 0 Å². The maximum Gasteiger partial charge on any atom is 0.338 e. The van der Waals surface area contributed by atoms with Crippen molar-refractivity contribution in [3.05, 3.63) is 29.8 Å². The average molecular weight is 361 g/mol. The molecule has 1 aliphatic rings. The van der Waals surface area contributed by atoms with Crippen molar-refractivity contribution < 1.29 is 26.4 Å². The van der Waals surface area contributed by atoms with Gasteiger partial charge in [-0.05, 0) is 43.5 Å². The molecule has 7 nitrogen and oxygen atoms in total. The van der Waals surface area contributed by atoms with E-state index in [4.69, 9.17) is 4.74 Å². The second-order valence-electron chi connectivity index (χ2n) is 5.37. The largest absolute Gasteiger partial charge is 0.462 e. The molecule has 0 amide bonds. The maximum absolute atomic E-state index is 12.2. The molecular formula is C14H19NO6S2. The van der Waals surface area contributed by atoms with Crippen molar-refractivity contribution in [2.75, 3.05) is 24.7 Å². The SMILES string of the molecule is CCOC(=O)c1ccc(S(=O)(=O)NCC2CCS(=O)(=O)C2)cc1. The summed E-state index contributed by atoms with van der Waals surface area (Å²) in [6.07, 6.45) is 0.465. The number of carbonyl (C=O) groups is 1. The van der Waals surface area contributed by atoms with Crippen molar-refractivity contribution in [3.63, 3.8) is 0 Å². The molecule has 0 saturated carbocycles. The number of sulfonamides is 1. The Morgan fingerprint density at radius 2 is 1.96 bits per heavy atom. The van der Waals surface area contributed by atoms with Crippen molar-refractivity contribution >= 4 is 25.8 Å². The van der Waals surface area contributed by atoms with E-state index in [0.717, 1.165) is 0 Å². The van der Waals surface area contributed by atoms with Crippen molar-refractivity contribution in [2.45, 2.75) is 18.2 Å². The minimum atomic E-state index is -3.74. The van der Waals surface area contributed by atoms with Gasteiger partial charge in [0.1, 0.15) is 0 Å². The molecule has 1 saturated heterocycles. The van der Waals surface area contributed by atoms with Crippen LogP contribution in [0.1, 0.15) is 23.7 Å². The summed E-state index contributed by atoms with van der Waals surface area (Å²) < 4.78 is 54.3. The molecule has 0 spiro atoms. The van der Waals surface area contributed by atoms with Crippen LogP contribution >= 0.6 is 0 Å². The lowest BCUT2D eigenvalue weighted by atomic mass is 10.1. The lowest BCUT2D eigenvalue weighted by Gasteiger charge is -2.10. The molecule has 128 valence electrons. The molecule has 1 heterocycles. The van der Waals surface area contributed by atoms with E-state index in [1.165, 1.54) is 24.3 Å². The molecule has 0 aromatic heterocycles. The third-order valence-corrected chi connectivity index (χ3v) is 6.84. The van der Waals surface area contributed by atoms with Crippen LogP contribution in [-0.2, 0) is 24.6 Å². The summed E-state index contributed by atoms with van der Waals surface area (Å²) in [4.78, 5) is 11.5. The summed E-state index contributed by atoms with van der Waals surface area (Å²) >= 11 is 0. The second-order valence-corrected chi connectivity index (χ2v) is 9.36. The first-order valence-corrected chi connectivity index (χ1v) is 10.5. The van der Waals surface area contributed by atoms with Crippen molar-refractivity contribution in [1.82, 2.24) is 4.72 Å². The molecule has 1 aromatic carbocycles. The molecule has 23 heavy (non-hydrogen) atoms. The quantitative estimate of drug-likeness (QED) is 0.743. The Bertz CT molecular complexity index is 768. The molecule has 1 atom stereocenters. The summed E-state index contributed by atoms with van der Waals surface area (Å²) in [5.41, 5.74) is 0.271. The topological polar surface area (TPSA) is 107 Å². The molecule has 1 fully saturated rings. The van der Waals surface area contributed by atoms with Crippen LogP contribution in [0.4, 0.5) is 0 Å². The number of carbonyl (C=O) groups excluding carboxylic acids is 1. The second kappa shape index (κ2) is 6.98. The van der Waals surface area contributed by atoms with Gasteiger partial charge in [-0.15, -0.1) is 0 Å². The lowest BCUT2D eigenvalue weighted by Crippen LogP contribution is -2.30. The zero-order chi connectivity index (χ0) is 17.1. The number of rotatable bonds is 6. The zero-order valence-electron chi connectivity index (χ0n) is 12.7. The van der Waals surface area contributed by atoms with Gasteiger partial charge in [-0.1, -0.05) is 0 Å². The Kier molecular flexibility index (Phi) is 5.43. The molecule has 1 N–H and O–H groups in total. The molecule has 0 radical (unpaired) electrons. The minimum absolute atomic E-state index is 0.0112. The Balaban J connectivity index is 2.01. The summed E-state index contributed by atoms with van der Waals surface area (Å²) in [6, 6.07) is 5.40. The normalized spacial score (nSPS) is 20.3. The molecule has 1 aliphatic heterocycles. The van der Waals surface area contributed by atoms with Gasteiger partial charge in [-0.25, -0.2) is 26.4 Å². The average Bonchev–Trinajstić information content (AvgIpc) is 2.85. The molecule has 2 rings (SSSR count). The highest BCUT2D eigenvalue weighted by Crippen LogP contribution is 2.18. The summed E-state index contributed by atoms with van der Waals surface area (Å²) in [5, 5.41) is 0. The van der Waals surface area contributed by atoms with Gasteiger partial charge in [-0.2, -0.15) is 0 Å². The van der Waals surface area contributed by atoms with Crippen LogP contribution in [0.15, 0.2) is 29.2 Å². The highest BCUT2D eigenvalue weighted by molar-refractivity contribution is 7.91. The minimum Gasteiger partial charge on any atom is -0.462 e. The van der Waals surface area contributed by atoms with Crippen molar-refractivity contribution in [1.29, 1.82) is 0 Å². The first-order valence-electron chi connectivity index (χ1n) is 7.21. The van der Waals surface area contributed by atoms with E-state index in [2.05, 4.69) is 4.72 Å². The highest BCUT2D eigenvalue weighted by Gasteiger charge is 2.29. The fourth-order valence-corrected chi connectivity index (χ4v) is 5.31. The fraction of sp³-hybridized carbons (Fsp3) is 0.500. The third kappa shape index (κ3) is 4.76. The number of sulfone groups is 1. The molecule has 0 bridgehead atoms. The van der Waals surface area contributed by atoms with Crippen molar-refractivity contribution in [2.24, 2.45) is 5.92 Å². The van der Waals surface area contributed by atoms with Crippen LogP contribution in [0, 0.1) is 5.92 Å². The van der Waals surface area contributed by atoms with Gasteiger partial charge in [-0.3, -0.25) is 0 Å². The predicted octanol–water partition coefficient (Wildman–Crippen LogP) is 0.576. The molecule has 9 heteroatoms. The number of esters is 1. The lowest BCUT2D eigenvalue weighted by molar-refractivity contribution is 0.0526. The van der Waals surface area contributed by atoms with E-state index >= 15 is 0 Å². The monoisotopic (exact) mass is 361 g/mol. The predicted molar refractivity (Wildman–Crippen MR) is 84.3 cm³/mol. The maximum atomic E-state index is 12.2. The van der Waals surface area contributed by atoms with E-state index in [1.54, 1.807) is 6.92 Å². The summed E-state index contributed by atoms with van der Waals surface area (Å²) in [5.74, 6) is -0.598. The molecule has 1 aromatic rings. The van der Waals surface area contributed by atoms with E-state index in [9.17, 15) is 21.6 Å². The molecule has 1 unspecified atom stereocenters. The first-order chi connectivity index (χ1) is 10.7. The van der Waals surface area contributed by atoms with Gasteiger partial charge < -0.3 is 4.74 Å². The molecule has 0 aliphatic carbocycles. The number of nitrogens with one attached hydrogen (secondary N) is 1. The van der Waals surface area contributed by atoms with E-state index < -0.39 is 25.8 Å². The highest BCUT2D eigenvalue weighted by atomic mass is 32.2. The summed E-state index contributed by atoms with van der Waals surface area (Å²) in [7, 11) is -6.77. The van der Waals surface area contributed by atoms with E-state index in [1.807, 2.05) is 0 Å². The van der Waals surface area contributed by atoms with Crippen LogP contribution < -0.4 is 4.72 Å². The number of benzene rings is 1. The van der Waals surface area contributed by atoms with E-state index in [0.29, 0.717) is 6.42 Å². The smallest absolute Gasteiger partial charge is 0.338 e. The Labute approximate surface area is 136 Å². The standard InChI is InChI=1S/C14H19NO6S2/c1-2-21-14(16)12-3-5-13(6-4-12)23(19,20)15-9-11-7-8-22(17,18)10-11/h3-6,11,15H,2,7-10H2,1H3. The van der Waals surface area contributed by atoms with Crippen LogP contribution in [0.25, 0.3) is 0 Å². The van der Waals surface area contributed by atoms with Crippen LogP contribution in [-0.4, -0.2) is 47.5 Å². The number of ether oxygens (including phenoxy) is 1. The Morgan fingerprint density at radius 1 is 1.30 bits per heavy atom. The van der Waals surface area contributed by atoms with Gasteiger partial charge in [0.05, 0.1) is 28.6 Å². The van der Waals surface area contributed by atoms with Crippen molar-refractivity contribution in [3.8, 4) is 0 Å². The Morgan fingerprint density at radius 3 is 2.48 bits per heavy atom. The Hall–Kier alpha value is -1.45. The van der Waals surface area contributed by atoms with Gasteiger partial charge >= 0.3 is 5.97 Å². The summed E-state index contributed by atoms with van der Waals surface area (Å²) in [6.45, 7) is 2.01. The zero-order valence-corrected chi connectivity index (χ0v) is 14.3. The molecular weight excluding hydrogens is 342 g/mol.